The minimum atomic E-state index is -0.167. The Morgan fingerprint density at radius 2 is 1.15 bits per heavy atom. The molecule has 260 valence electrons. The van der Waals surface area contributed by atoms with Crippen LogP contribution in [-0.4, -0.2) is 11.1 Å². The summed E-state index contributed by atoms with van der Waals surface area (Å²) in [5, 5.41) is 4.89. The molecular formula is C51H34N2O2. The van der Waals surface area contributed by atoms with Crippen LogP contribution in [0.1, 0.15) is 11.5 Å². The number of pyridine rings is 1. The van der Waals surface area contributed by atoms with Crippen molar-refractivity contribution in [3.63, 3.8) is 0 Å². The van der Waals surface area contributed by atoms with Gasteiger partial charge in [0.1, 0.15) is 23.1 Å². The maximum absolute atomic E-state index is 7.00. The first-order valence-electron chi connectivity index (χ1n) is 18.8. The molecule has 55 heavy (non-hydrogen) atoms. The number of ether oxygens (including phenoxy) is 1. The highest BCUT2D eigenvalue weighted by atomic mass is 16.5. The minimum Gasteiger partial charge on any atom is -0.484 e. The Balaban J connectivity index is 1.07. The van der Waals surface area contributed by atoms with Crippen LogP contribution in [0.25, 0.3) is 66.2 Å². The quantitative estimate of drug-likeness (QED) is 0.161. The molecule has 2 atom stereocenters. The summed E-state index contributed by atoms with van der Waals surface area (Å²) in [5.41, 5.74) is 11.6. The molecule has 1 aliphatic carbocycles. The van der Waals surface area contributed by atoms with Gasteiger partial charge in [0.25, 0.3) is 0 Å². The lowest BCUT2D eigenvalue weighted by Crippen LogP contribution is -2.24. The second-order valence-electron chi connectivity index (χ2n) is 14.3. The van der Waals surface area contributed by atoms with Gasteiger partial charge in [-0.05, 0) is 105 Å². The third-order valence-electron chi connectivity index (χ3n) is 11.0. The minimum absolute atomic E-state index is 0.0923. The average Bonchev–Trinajstić information content (AvgIpc) is 3.87. The number of hydrogen-bond acceptors (Lipinski definition) is 4. The van der Waals surface area contributed by atoms with Crippen molar-refractivity contribution in [1.82, 2.24) is 4.98 Å². The van der Waals surface area contributed by atoms with Crippen molar-refractivity contribution in [2.24, 2.45) is 0 Å². The van der Waals surface area contributed by atoms with Crippen molar-refractivity contribution >= 4 is 44.0 Å². The second-order valence-corrected chi connectivity index (χ2v) is 14.3. The fourth-order valence-electron chi connectivity index (χ4n) is 8.46. The Kier molecular flexibility index (Phi) is 7.27. The van der Waals surface area contributed by atoms with Gasteiger partial charge in [-0.1, -0.05) is 115 Å². The van der Waals surface area contributed by atoms with E-state index in [0.29, 0.717) is 0 Å². The molecule has 0 amide bonds. The molecule has 0 bridgehead atoms. The third-order valence-corrected chi connectivity index (χ3v) is 11.0. The van der Waals surface area contributed by atoms with Crippen molar-refractivity contribution in [2.45, 2.75) is 12.0 Å². The number of anilines is 2. The molecule has 2 aliphatic rings. The predicted molar refractivity (Wildman–Crippen MR) is 225 cm³/mol. The molecule has 9 aromatic rings. The molecule has 0 saturated carbocycles. The summed E-state index contributed by atoms with van der Waals surface area (Å²) in [5.74, 6) is 1.87. The Labute approximate surface area is 318 Å². The van der Waals surface area contributed by atoms with E-state index in [4.69, 9.17) is 9.15 Å². The van der Waals surface area contributed by atoms with Crippen LogP contribution in [0.5, 0.6) is 5.75 Å². The Hall–Kier alpha value is -7.17. The van der Waals surface area contributed by atoms with Gasteiger partial charge in [0.15, 0.2) is 5.58 Å². The van der Waals surface area contributed by atoms with Crippen molar-refractivity contribution in [2.75, 3.05) is 4.90 Å². The van der Waals surface area contributed by atoms with Crippen LogP contribution in [0.2, 0.25) is 0 Å². The third kappa shape index (κ3) is 5.33. The van der Waals surface area contributed by atoms with Gasteiger partial charge in [0.2, 0.25) is 0 Å². The maximum Gasteiger partial charge on any atom is 0.153 e. The standard InChI is InChI=1S/C51H34N2O2/c1-3-12-33(13-4-1)36-28-37(34-14-5-2-6-15-34)30-40(29-36)53(38-23-21-35(22-24-38)48-32-46-47(54-48)20-11-27-52-46)39-25-26-45-49(31-39)55-51-44-19-10-8-17-42(44)41-16-7-9-18-43(41)50(45)51/h1-32,45,49H. The zero-order valence-corrected chi connectivity index (χ0v) is 29.8. The van der Waals surface area contributed by atoms with E-state index in [1.165, 1.54) is 21.7 Å². The van der Waals surface area contributed by atoms with Crippen LogP contribution in [0.3, 0.4) is 0 Å². The Bertz CT molecular complexity index is 2870. The zero-order chi connectivity index (χ0) is 36.3. The molecule has 1 aliphatic heterocycles. The van der Waals surface area contributed by atoms with Gasteiger partial charge in [-0.2, -0.15) is 0 Å². The Morgan fingerprint density at radius 1 is 0.509 bits per heavy atom. The van der Waals surface area contributed by atoms with Gasteiger partial charge in [-0.25, -0.2) is 0 Å². The van der Waals surface area contributed by atoms with Crippen molar-refractivity contribution < 1.29 is 9.15 Å². The van der Waals surface area contributed by atoms with Crippen LogP contribution >= 0.6 is 0 Å². The van der Waals surface area contributed by atoms with Gasteiger partial charge in [-0.3, -0.25) is 4.98 Å². The van der Waals surface area contributed by atoms with E-state index < -0.39 is 0 Å². The van der Waals surface area contributed by atoms with Gasteiger partial charge in [0, 0.05) is 51.8 Å². The SMILES string of the molecule is C1=CC2c3c(c4ccccc4c4ccccc34)OC2C=C1N(c1ccc(-c2cc3ncccc3o2)cc1)c1cc(-c2ccccc2)cc(-c2ccccc2)c1. The van der Waals surface area contributed by atoms with E-state index in [2.05, 4.69) is 180 Å². The van der Waals surface area contributed by atoms with Crippen LogP contribution in [-0.2, 0) is 0 Å². The lowest BCUT2D eigenvalue weighted by atomic mass is 9.85. The number of fused-ring (bicyclic) bond motifs is 9. The molecule has 2 aromatic heterocycles. The normalized spacial score (nSPS) is 15.8. The largest absolute Gasteiger partial charge is 0.484 e. The molecular weight excluding hydrogens is 673 g/mol. The van der Waals surface area contributed by atoms with E-state index in [-0.39, 0.29) is 12.0 Å². The summed E-state index contributed by atoms with van der Waals surface area (Å²) in [7, 11) is 0. The number of furan rings is 1. The molecule has 7 aromatic carbocycles. The maximum atomic E-state index is 7.00. The molecule has 4 nitrogen and oxygen atoms in total. The topological polar surface area (TPSA) is 38.5 Å². The first-order valence-corrected chi connectivity index (χ1v) is 18.8. The number of aromatic nitrogens is 1. The summed E-state index contributed by atoms with van der Waals surface area (Å²) in [6.07, 6.45) is 8.56. The molecule has 11 rings (SSSR count). The summed E-state index contributed by atoms with van der Waals surface area (Å²) in [6.45, 7) is 0. The van der Waals surface area contributed by atoms with Crippen LogP contribution in [0.15, 0.2) is 204 Å². The summed E-state index contributed by atoms with van der Waals surface area (Å²) >= 11 is 0. The summed E-state index contributed by atoms with van der Waals surface area (Å²) < 4.78 is 13.2. The number of nitrogens with zero attached hydrogens (tertiary/aromatic N) is 2. The molecule has 4 heteroatoms. The van der Waals surface area contributed by atoms with Gasteiger partial charge < -0.3 is 14.1 Å². The monoisotopic (exact) mass is 706 g/mol. The van der Waals surface area contributed by atoms with Gasteiger partial charge in [0.05, 0.1) is 0 Å². The molecule has 0 N–H and O–H groups in total. The van der Waals surface area contributed by atoms with E-state index in [1.807, 2.05) is 18.2 Å². The molecule has 2 unspecified atom stereocenters. The van der Waals surface area contributed by atoms with E-state index in [0.717, 1.165) is 72.9 Å². The van der Waals surface area contributed by atoms with Crippen LogP contribution < -0.4 is 9.64 Å². The molecule has 0 saturated heterocycles. The highest BCUT2D eigenvalue weighted by Crippen LogP contribution is 2.51. The van der Waals surface area contributed by atoms with Crippen molar-refractivity contribution in [3.05, 3.63) is 206 Å². The van der Waals surface area contributed by atoms with Crippen LogP contribution in [0.4, 0.5) is 11.4 Å². The number of hydrogen-bond donors (Lipinski definition) is 0. The Morgan fingerprint density at radius 3 is 1.84 bits per heavy atom. The van der Waals surface area contributed by atoms with Gasteiger partial charge in [-0.15, -0.1) is 0 Å². The fourth-order valence-corrected chi connectivity index (χ4v) is 8.46. The van der Waals surface area contributed by atoms with E-state index in [1.54, 1.807) is 6.20 Å². The lowest BCUT2D eigenvalue weighted by Gasteiger charge is -2.31. The molecule has 0 fully saturated rings. The summed E-state index contributed by atoms with van der Waals surface area (Å²) in [6, 6.07) is 60.0. The van der Waals surface area contributed by atoms with Gasteiger partial charge >= 0.3 is 0 Å². The van der Waals surface area contributed by atoms with E-state index >= 15 is 0 Å². The number of rotatable bonds is 6. The number of benzene rings is 7. The molecule has 0 radical (unpaired) electrons. The first kappa shape index (κ1) is 31.4. The first-order chi connectivity index (χ1) is 27.2. The van der Waals surface area contributed by atoms with Crippen LogP contribution in [0, 0.1) is 0 Å². The average molecular weight is 707 g/mol. The lowest BCUT2D eigenvalue weighted by molar-refractivity contribution is 0.270. The van der Waals surface area contributed by atoms with Crippen molar-refractivity contribution in [3.8, 4) is 39.3 Å². The van der Waals surface area contributed by atoms with E-state index in [9.17, 15) is 0 Å². The zero-order valence-electron chi connectivity index (χ0n) is 29.8. The summed E-state index contributed by atoms with van der Waals surface area (Å²) in [4.78, 5) is 6.85. The number of allylic oxidation sites excluding steroid dienone is 1. The molecule has 3 heterocycles. The van der Waals surface area contributed by atoms with Crippen molar-refractivity contribution in [1.29, 1.82) is 0 Å². The fraction of sp³-hybridized carbons (Fsp3) is 0.0392. The second kappa shape index (κ2) is 12.8. The molecule has 0 spiro atoms. The highest BCUT2D eigenvalue weighted by molar-refractivity contribution is 6.13. The predicted octanol–water partition coefficient (Wildman–Crippen LogP) is 13.3. The highest BCUT2D eigenvalue weighted by Gasteiger charge is 2.37. The smallest absolute Gasteiger partial charge is 0.153 e.